The molecule has 0 bridgehead atoms. The minimum absolute atomic E-state index is 0.101. The Labute approximate surface area is 99.8 Å². The quantitative estimate of drug-likeness (QED) is 0.744. The number of hydrogen-bond donors (Lipinski definition) is 1. The van der Waals surface area contributed by atoms with Crippen molar-refractivity contribution in [2.45, 2.75) is 6.92 Å². The molecule has 0 aliphatic carbocycles. The normalized spacial score (nSPS) is 23.8. The molecule has 1 aromatic heterocycles. The Morgan fingerprint density at radius 3 is 2.94 bits per heavy atom. The number of carbonyl (C=O) groups excluding carboxylic acids is 1. The van der Waals surface area contributed by atoms with Crippen molar-refractivity contribution in [2.75, 3.05) is 30.8 Å². The molecule has 1 aromatic rings. The van der Waals surface area contributed by atoms with Crippen LogP contribution in [0.15, 0.2) is 12.4 Å². The Hall–Kier alpha value is -1.85. The second-order valence-corrected chi connectivity index (χ2v) is 4.31. The van der Waals surface area contributed by atoms with Gasteiger partial charge in [0.05, 0.1) is 13.0 Å². The van der Waals surface area contributed by atoms with E-state index in [2.05, 4.69) is 9.97 Å². The molecular weight excluding hydrogens is 220 g/mol. The number of nitrogens with zero attached hydrogens (tertiary/aromatic N) is 3. The number of esters is 1. The molecule has 1 aliphatic heterocycles. The van der Waals surface area contributed by atoms with E-state index in [1.807, 2.05) is 11.8 Å². The van der Waals surface area contributed by atoms with Crippen molar-refractivity contribution in [1.29, 1.82) is 0 Å². The molecule has 2 heterocycles. The third-order valence-corrected chi connectivity index (χ3v) is 3.11. The summed E-state index contributed by atoms with van der Waals surface area (Å²) in [7, 11) is 1.42. The first kappa shape index (κ1) is 11.6. The van der Waals surface area contributed by atoms with Crippen molar-refractivity contribution in [3.8, 4) is 0 Å². The summed E-state index contributed by atoms with van der Waals surface area (Å²) < 4.78 is 4.79. The molecule has 1 saturated heterocycles. The molecule has 6 heteroatoms. The highest BCUT2D eigenvalue weighted by atomic mass is 16.5. The van der Waals surface area contributed by atoms with Crippen LogP contribution in [0, 0.1) is 11.8 Å². The predicted molar refractivity (Wildman–Crippen MR) is 63.3 cm³/mol. The number of carbonyl (C=O) groups is 1. The first-order valence-corrected chi connectivity index (χ1v) is 5.52. The molecule has 2 atom stereocenters. The van der Waals surface area contributed by atoms with Crippen LogP contribution in [0.3, 0.4) is 0 Å². The average Bonchev–Trinajstić information content (AvgIpc) is 2.70. The molecule has 92 valence electrons. The molecule has 0 radical (unpaired) electrons. The molecule has 2 unspecified atom stereocenters. The standard InChI is InChI=1S/C11H16N4O2/c1-7-4-15(5-8(7)11(16)17-2)10-3-9(12)13-6-14-10/h3,6-8H,4-5H2,1-2H3,(H2,12,13,14). The van der Waals surface area contributed by atoms with Crippen LogP contribution in [0.1, 0.15) is 6.92 Å². The number of ether oxygens (including phenoxy) is 1. The number of nitrogens with two attached hydrogens (primary N) is 1. The van der Waals surface area contributed by atoms with E-state index in [1.54, 1.807) is 6.07 Å². The highest BCUT2D eigenvalue weighted by Crippen LogP contribution is 2.27. The number of rotatable bonds is 2. The maximum Gasteiger partial charge on any atom is 0.310 e. The van der Waals surface area contributed by atoms with E-state index in [0.29, 0.717) is 12.4 Å². The van der Waals surface area contributed by atoms with Crippen molar-refractivity contribution in [2.24, 2.45) is 11.8 Å². The lowest BCUT2D eigenvalue weighted by molar-refractivity contribution is -0.145. The van der Waals surface area contributed by atoms with Crippen molar-refractivity contribution in [3.63, 3.8) is 0 Å². The molecule has 2 rings (SSSR count). The van der Waals surface area contributed by atoms with E-state index >= 15 is 0 Å². The smallest absolute Gasteiger partial charge is 0.310 e. The number of anilines is 2. The van der Waals surface area contributed by atoms with E-state index in [1.165, 1.54) is 13.4 Å². The van der Waals surface area contributed by atoms with Gasteiger partial charge in [0.15, 0.2) is 0 Å². The maximum absolute atomic E-state index is 11.6. The lowest BCUT2D eigenvalue weighted by Crippen LogP contribution is -2.24. The predicted octanol–water partition coefficient (Wildman–Crippen LogP) is 0.304. The highest BCUT2D eigenvalue weighted by Gasteiger charge is 2.36. The fourth-order valence-corrected chi connectivity index (χ4v) is 2.15. The van der Waals surface area contributed by atoms with Crippen LogP contribution in [-0.4, -0.2) is 36.1 Å². The summed E-state index contributed by atoms with van der Waals surface area (Å²) in [5.41, 5.74) is 5.61. The lowest BCUT2D eigenvalue weighted by Gasteiger charge is -2.16. The van der Waals surface area contributed by atoms with Gasteiger partial charge < -0.3 is 15.4 Å². The maximum atomic E-state index is 11.6. The molecule has 17 heavy (non-hydrogen) atoms. The summed E-state index contributed by atoms with van der Waals surface area (Å²) in [5.74, 6) is 1.18. The van der Waals surface area contributed by atoms with E-state index in [0.717, 1.165) is 12.4 Å². The van der Waals surface area contributed by atoms with E-state index in [-0.39, 0.29) is 17.8 Å². The molecule has 0 amide bonds. The van der Waals surface area contributed by atoms with Gasteiger partial charge in [-0.3, -0.25) is 4.79 Å². The van der Waals surface area contributed by atoms with Gasteiger partial charge in [-0.05, 0) is 5.92 Å². The first-order chi connectivity index (χ1) is 8.11. The van der Waals surface area contributed by atoms with Gasteiger partial charge in [-0.1, -0.05) is 6.92 Å². The van der Waals surface area contributed by atoms with Crippen LogP contribution >= 0.6 is 0 Å². The van der Waals surface area contributed by atoms with Gasteiger partial charge in [-0.15, -0.1) is 0 Å². The Morgan fingerprint density at radius 1 is 1.53 bits per heavy atom. The Balaban J connectivity index is 2.13. The van der Waals surface area contributed by atoms with Crippen LogP contribution in [0.25, 0.3) is 0 Å². The van der Waals surface area contributed by atoms with Crippen molar-refractivity contribution < 1.29 is 9.53 Å². The molecule has 6 nitrogen and oxygen atoms in total. The third-order valence-electron chi connectivity index (χ3n) is 3.11. The zero-order valence-electron chi connectivity index (χ0n) is 9.96. The molecule has 0 saturated carbocycles. The van der Waals surface area contributed by atoms with Gasteiger partial charge in [0.25, 0.3) is 0 Å². The second kappa shape index (κ2) is 4.57. The highest BCUT2D eigenvalue weighted by molar-refractivity contribution is 5.74. The molecule has 1 fully saturated rings. The van der Waals surface area contributed by atoms with Gasteiger partial charge in [-0.2, -0.15) is 0 Å². The Morgan fingerprint density at radius 2 is 2.29 bits per heavy atom. The zero-order chi connectivity index (χ0) is 12.4. The number of hydrogen-bond acceptors (Lipinski definition) is 6. The van der Waals surface area contributed by atoms with Crippen molar-refractivity contribution in [1.82, 2.24) is 9.97 Å². The van der Waals surface area contributed by atoms with Gasteiger partial charge in [0.2, 0.25) is 0 Å². The van der Waals surface area contributed by atoms with Crippen LogP contribution in [-0.2, 0) is 9.53 Å². The number of aromatic nitrogens is 2. The SMILES string of the molecule is COC(=O)C1CN(c2cc(N)ncn2)CC1C. The summed E-state index contributed by atoms with van der Waals surface area (Å²) >= 11 is 0. The van der Waals surface area contributed by atoms with E-state index < -0.39 is 0 Å². The number of nitrogen functional groups attached to an aromatic ring is 1. The second-order valence-electron chi connectivity index (χ2n) is 4.31. The summed E-state index contributed by atoms with van der Waals surface area (Å²) in [6, 6.07) is 1.71. The average molecular weight is 236 g/mol. The summed E-state index contributed by atoms with van der Waals surface area (Å²) in [6.07, 6.45) is 1.43. The van der Waals surface area contributed by atoms with Crippen LogP contribution in [0.5, 0.6) is 0 Å². The zero-order valence-corrected chi connectivity index (χ0v) is 9.96. The van der Waals surface area contributed by atoms with Gasteiger partial charge in [-0.25, -0.2) is 9.97 Å². The first-order valence-electron chi connectivity index (χ1n) is 5.52. The largest absolute Gasteiger partial charge is 0.469 e. The topological polar surface area (TPSA) is 81.3 Å². The van der Waals surface area contributed by atoms with Gasteiger partial charge in [0.1, 0.15) is 18.0 Å². The van der Waals surface area contributed by atoms with Crippen LogP contribution in [0.2, 0.25) is 0 Å². The summed E-state index contributed by atoms with van der Waals surface area (Å²) in [6.45, 7) is 3.42. The van der Waals surface area contributed by atoms with Crippen LogP contribution in [0.4, 0.5) is 11.6 Å². The fourth-order valence-electron chi connectivity index (χ4n) is 2.15. The summed E-state index contributed by atoms with van der Waals surface area (Å²) in [5, 5.41) is 0. The lowest BCUT2D eigenvalue weighted by atomic mass is 9.99. The Kier molecular flexibility index (Phi) is 3.12. The van der Waals surface area contributed by atoms with Crippen LogP contribution < -0.4 is 10.6 Å². The molecule has 2 N–H and O–H groups in total. The minimum Gasteiger partial charge on any atom is -0.469 e. The molecule has 0 spiro atoms. The monoisotopic (exact) mass is 236 g/mol. The molecule has 0 aromatic carbocycles. The van der Waals surface area contributed by atoms with Gasteiger partial charge in [0, 0.05) is 19.2 Å². The van der Waals surface area contributed by atoms with E-state index in [9.17, 15) is 4.79 Å². The summed E-state index contributed by atoms with van der Waals surface area (Å²) in [4.78, 5) is 21.6. The third kappa shape index (κ3) is 2.30. The van der Waals surface area contributed by atoms with Crippen molar-refractivity contribution >= 4 is 17.6 Å². The van der Waals surface area contributed by atoms with E-state index in [4.69, 9.17) is 10.5 Å². The number of methoxy groups -OCH3 is 1. The minimum atomic E-state index is -0.165. The Bertz CT molecular complexity index is 424. The molecular formula is C11H16N4O2. The molecule has 1 aliphatic rings. The van der Waals surface area contributed by atoms with Crippen molar-refractivity contribution in [3.05, 3.63) is 12.4 Å². The fraction of sp³-hybridized carbons (Fsp3) is 0.545. The van der Waals surface area contributed by atoms with Gasteiger partial charge >= 0.3 is 5.97 Å².